The molecule has 0 N–H and O–H groups in total. The quantitative estimate of drug-likeness (QED) is 0.551. The highest BCUT2D eigenvalue weighted by Crippen LogP contribution is 2.02. The minimum Gasteiger partial charge on any atom is -0.0991 e. The predicted molar refractivity (Wildman–Crippen MR) is 63.9 cm³/mol. The van der Waals surface area contributed by atoms with Crippen molar-refractivity contribution in [3.8, 4) is 0 Å². The molecule has 0 aromatic rings. The summed E-state index contributed by atoms with van der Waals surface area (Å²) in [4.78, 5) is 0. The summed E-state index contributed by atoms with van der Waals surface area (Å²) in [5, 5.41) is 0. The zero-order valence-corrected chi connectivity index (χ0v) is 9.43. The van der Waals surface area contributed by atoms with E-state index in [0.717, 1.165) is 12.0 Å². The van der Waals surface area contributed by atoms with Crippen LogP contribution in [0.3, 0.4) is 0 Å². The molecule has 0 heterocycles. The highest BCUT2D eigenvalue weighted by atomic mass is 13.9. The average Bonchev–Trinajstić information content (AvgIpc) is 2.14. The van der Waals surface area contributed by atoms with Crippen LogP contribution < -0.4 is 0 Å². The van der Waals surface area contributed by atoms with Crippen molar-refractivity contribution in [1.82, 2.24) is 0 Å². The summed E-state index contributed by atoms with van der Waals surface area (Å²) in [5.41, 5.74) is 2.43. The second kappa shape index (κ2) is 11.0. The van der Waals surface area contributed by atoms with E-state index in [9.17, 15) is 0 Å². The first-order valence-electron chi connectivity index (χ1n) is 4.66. The maximum atomic E-state index is 3.76. The molecule has 0 heteroatoms. The molecular weight excluding hydrogens is 156 g/mol. The lowest BCUT2D eigenvalue weighted by Crippen LogP contribution is -1.71. The molecule has 0 aliphatic heterocycles. The van der Waals surface area contributed by atoms with Crippen molar-refractivity contribution >= 4 is 0 Å². The van der Waals surface area contributed by atoms with Gasteiger partial charge in [-0.15, -0.1) is 0 Å². The summed E-state index contributed by atoms with van der Waals surface area (Å²) in [6.45, 7) is 15.5. The first-order chi connectivity index (χ1) is 6.09. The van der Waals surface area contributed by atoms with Crippen molar-refractivity contribution in [3.05, 3.63) is 48.6 Å². The summed E-state index contributed by atoms with van der Waals surface area (Å²) in [5.74, 6) is 0. The molecule has 74 valence electrons. The Labute approximate surface area is 83.4 Å². The molecule has 0 amide bonds. The van der Waals surface area contributed by atoms with Gasteiger partial charge in [-0.2, -0.15) is 0 Å². The van der Waals surface area contributed by atoms with Crippen LogP contribution >= 0.6 is 0 Å². The Morgan fingerprint density at radius 1 is 1.31 bits per heavy atom. The lowest BCUT2D eigenvalue weighted by Gasteiger charge is -1.92. The van der Waals surface area contributed by atoms with Gasteiger partial charge in [-0.1, -0.05) is 55.5 Å². The van der Waals surface area contributed by atoms with Crippen LogP contribution in [0.25, 0.3) is 0 Å². The standard InChI is InChI=1S/C7H12.C6H10/c1-5-7(4)6(2)3;1-3-5-6-4-2/h5H,2H2,1,3-4H3;3,5-6H,1,4H2,2H3. The molecular formula is C13H22. The highest BCUT2D eigenvalue weighted by molar-refractivity contribution is 5.22. The first kappa shape index (κ1) is 14.5. The molecule has 13 heavy (non-hydrogen) atoms. The molecule has 0 saturated carbocycles. The molecule has 0 saturated heterocycles. The van der Waals surface area contributed by atoms with Crippen LogP contribution in [0.5, 0.6) is 0 Å². The van der Waals surface area contributed by atoms with Crippen LogP contribution in [-0.4, -0.2) is 0 Å². The first-order valence-corrected chi connectivity index (χ1v) is 4.66. The predicted octanol–water partition coefficient (Wildman–Crippen LogP) is 4.67. The minimum atomic E-state index is 1.10. The number of hydrogen-bond acceptors (Lipinski definition) is 0. The molecule has 0 bridgehead atoms. The Balaban J connectivity index is 0. The summed E-state index contributed by atoms with van der Waals surface area (Å²) >= 11 is 0. The lowest BCUT2D eigenvalue weighted by molar-refractivity contribution is 1.22. The molecule has 0 aliphatic rings. The Hall–Kier alpha value is -1.04. The fourth-order valence-electron chi connectivity index (χ4n) is 0.479. The van der Waals surface area contributed by atoms with E-state index in [1.807, 2.05) is 19.9 Å². The van der Waals surface area contributed by atoms with Gasteiger partial charge < -0.3 is 0 Å². The summed E-state index contributed by atoms with van der Waals surface area (Å²) in [7, 11) is 0. The van der Waals surface area contributed by atoms with Crippen molar-refractivity contribution in [2.75, 3.05) is 0 Å². The van der Waals surface area contributed by atoms with E-state index in [2.05, 4.69) is 39.2 Å². The fraction of sp³-hybridized carbons (Fsp3) is 0.385. The fourth-order valence-corrected chi connectivity index (χ4v) is 0.479. The third-order valence-electron chi connectivity index (χ3n) is 1.61. The maximum Gasteiger partial charge on any atom is -0.0376 e. The molecule has 0 aromatic carbocycles. The number of rotatable bonds is 3. The Kier molecular flexibility index (Phi) is 12.2. The van der Waals surface area contributed by atoms with E-state index >= 15 is 0 Å². The molecule has 0 fully saturated rings. The van der Waals surface area contributed by atoms with Crippen molar-refractivity contribution in [2.24, 2.45) is 0 Å². The molecule has 0 aliphatic carbocycles. The van der Waals surface area contributed by atoms with Crippen LogP contribution in [0.2, 0.25) is 0 Å². The van der Waals surface area contributed by atoms with Crippen LogP contribution in [0.1, 0.15) is 34.1 Å². The van der Waals surface area contributed by atoms with Gasteiger partial charge >= 0.3 is 0 Å². The zero-order chi connectivity index (χ0) is 10.7. The van der Waals surface area contributed by atoms with Crippen LogP contribution in [0.4, 0.5) is 0 Å². The maximum absolute atomic E-state index is 3.76. The largest absolute Gasteiger partial charge is 0.0991 e. The van der Waals surface area contributed by atoms with E-state index in [-0.39, 0.29) is 0 Å². The van der Waals surface area contributed by atoms with Gasteiger partial charge in [0.15, 0.2) is 0 Å². The van der Waals surface area contributed by atoms with Crippen LogP contribution in [-0.2, 0) is 0 Å². The third-order valence-corrected chi connectivity index (χ3v) is 1.61. The molecule has 0 aromatic heterocycles. The third kappa shape index (κ3) is 13.9. The number of hydrogen-bond donors (Lipinski definition) is 0. The summed E-state index contributed by atoms with van der Waals surface area (Å²) in [6, 6.07) is 0. The Morgan fingerprint density at radius 3 is 1.92 bits per heavy atom. The Morgan fingerprint density at radius 2 is 1.85 bits per heavy atom. The average molecular weight is 178 g/mol. The van der Waals surface area contributed by atoms with Gasteiger partial charge in [0.05, 0.1) is 0 Å². The monoisotopic (exact) mass is 178 g/mol. The normalized spacial score (nSPS) is 10.6. The SMILES string of the molecule is C=C(C)C(C)=CC.C=CC=CCC. The number of allylic oxidation sites excluding steroid dienone is 6. The van der Waals surface area contributed by atoms with Gasteiger partial charge in [-0.25, -0.2) is 0 Å². The van der Waals surface area contributed by atoms with Gasteiger partial charge in [-0.05, 0) is 27.2 Å². The van der Waals surface area contributed by atoms with Gasteiger partial charge in [0.25, 0.3) is 0 Å². The van der Waals surface area contributed by atoms with Gasteiger partial charge in [0.2, 0.25) is 0 Å². The highest BCUT2D eigenvalue weighted by Gasteiger charge is 1.81. The van der Waals surface area contributed by atoms with Gasteiger partial charge in [-0.3, -0.25) is 0 Å². The van der Waals surface area contributed by atoms with Crippen molar-refractivity contribution in [3.63, 3.8) is 0 Å². The second-order valence-electron chi connectivity index (χ2n) is 2.82. The van der Waals surface area contributed by atoms with E-state index in [1.165, 1.54) is 5.57 Å². The molecule has 0 unspecified atom stereocenters. The van der Waals surface area contributed by atoms with E-state index < -0.39 is 0 Å². The summed E-state index contributed by atoms with van der Waals surface area (Å²) in [6.07, 6.45) is 8.95. The molecule has 0 nitrogen and oxygen atoms in total. The lowest BCUT2D eigenvalue weighted by atomic mass is 10.2. The van der Waals surface area contributed by atoms with Crippen molar-refractivity contribution in [1.29, 1.82) is 0 Å². The van der Waals surface area contributed by atoms with Gasteiger partial charge in [0, 0.05) is 0 Å². The van der Waals surface area contributed by atoms with Gasteiger partial charge in [0.1, 0.15) is 0 Å². The van der Waals surface area contributed by atoms with E-state index in [0.29, 0.717) is 0 Å². The van der Waals surface area contributed by atoms with E-state index in [4.69, 9.17) is 0 Å². The topological polar surface area (TPSA) is 0 Å². The molecule has 0 radical (unpaired) electrons. The summed E-state index contributed by atoms with van der Waals surface area (Å²) < 4.78 is 0. The van der Waals surface area contributed by atoms with E-state index in [1.54, 1.807) is 6.08 Å². The van der Waals surface area contributed by atoms with Crippen molar-refractivity contribution in [2.45, 2.75) is 34.1 Å². The van der Waals surface area contributed by atoms with Crippen LogP contribution in [0, 0.1) is 0 Å². The molecule has 0 atom stereocenters. The smallest absolute Gasteiger partial charge is 0.0376 e. The van der Waals surface area contributed by atoms with Crippen LogP contribution in [0.15, 0.2) is 48.6 Å². The molecule has 0 spiro atoms. The van der Waals surface area contributed by atoms with Crippen molar-refractivity contribution < 1.29 is 0 Å². The Bertz CT molecular complexity index is 192. The minimum absolute atomic E-state index is 1.10. The zero-order valence-electron chi connectivity index (χ0n) is 9.43. The second-order valence-corrected chi connectivity index (χ2v) is 2.82. The molecule has 0 rings (SSSR count).